The fraction of sp³-hybridized carbons (Fsp3) is 0.179. The van der Waals surface area contributed by atoms with E-state index in [0.717, 1.165) is 33.5 Å². The molecule has 3 heterocycles. The van der Waals surface area contributed by atoms with Crippen LogP contribution in [0.2, 0.25) is 0 Å². The zero-order valence-electron chi connectivity index (χ0n) is 20.8. The van der Waals surface area contributed by atoms with Gasteiger partial charge in [0.1, 0.15) is 5.82 Å². The predicted octanol–water partition coefficient (Wildman–Crippen LogP) is 3.59. The van der Waals surface area contributed by atoms with Gasteiger partial charge in [-0.05, 0) is 51.7 Å². The summed E-state index contributed by atoms with van der Waals surface area (Å²) in [6.45, 7) is 2.56. The third kappa shape index (κ3) is 3.73. The van der Waals surface area contributed by atoms with Gasteiger partial charge < -0.3 is 10.2 Å². The second-order valence-corrected chi connectivity index (χ2v) is 9.39. The number of hydrogen-bond acceptors (Lipinski definition) is 6. The van der Waals surface area contributed by atoms with Crippen molar-refractivity contribution in [3.63, 3.8) is 0 Å². The number of imide groups is 1. The number of aromatic nitrogens is 4. The van der Waals surface area contributed by atoms with Crippen molar-refractivity contribution >= 4 is 17.6 Å². The molecule has 1 fully saturated rings. The number of hydrogen-bond donors (Lipinski definition) is 2. The van der Waals surface area contributed by atoms with Crippen LogP contribution in [0.15, 0.2) is 72.8 Å². The minimum absolute atomic E-state index is 0.182. The molecule has 3 aromatic carbocycles. The summed E-state index contributed by atoms with van der Waals surface area (Å²) < 4.78 is 15.6. The zero-order valence-corrected chi connectivity index (χ0v) is 20.8. The van der Waals surface area contributed by atoms with E-state index in [1.807, 2.05) is 66.4 Å². The number of amides is 3. The van der Waals surface area contributed by atoms with Gasteiger partial charge in [0, 0.05) is 30.4 Å². The lowest BCUT2D eigenvalue weighted by Gasteiger charge is -2.33. The minimum atomic E-state index is -1.32. The summed E-state index contributed by atoms with van der Waals surface area (Å²) in [6.07, 6.45) is 1.90. The van der Waals surface area contributed by atoms with E-state index in [-0.39, 0.29) is 12.4 Å². The molecule has 0 radical (unpaired) electrons. The van der Waals surface area contributed by atoms with Crippen molar-refractivity contribution in [1.29, 1.82) is 0 Å². The molecule has 1 aromatic heterocycles. The average molecular weight is 510 g/mol. The van der Waals surface area contributed by atoms with Crippen LogP contribution in [0.3, 0.4) is 0 Å². The molecule has 4 aromatic rings. The molecule has 0 bridgehead atoms. The van der Waals surface area contributed by atoms with Crippen LogP contribution in [-0.4, -0.2) is 43.6 Å². The Morgan fingerprint density at radius 1 is 1.03 bits per heavy atom. The third-order valence-corrected chi connectivity index (χ3v) is 7.17. The zero-order chi connectivity index (χ0) is 26.4. The molecule has 0 aliphatic carbocycles. The first-order chi connectivity index (χ1) is 18.4. The average Bonchev–Trinajstić information content (AvgIpc) is 3.58. The van der Waals surface area contributed by atoms with E-state index < -0.39 is 17.5 Å². The van der Waals surface area contributed by atoms with Gasteiger partial charge >= 0.3 is 6.03 Å². The Morgan fingerprint density at radius 2 is 1.79 bits per heavy atom. The number of nitrogens with zero attached hydrogens (tertiary/aromatic N) is 5. The van der Waals surface area contributed by atoms with Crippen molar-refractivity contribution in [3.05, 3.63) is 95.3 Å². The number of benzene rings is 3. The fourth-order valence-electron chi connectivity index (χ4n) is 5.37. The summed E-state index contributed by atoms with van der Waals surface area (Å²) >= 11 is 0. The molecule has 190 valence electrons. The van der Waals surface area contributed by atoms with Crippen LogP contribution >= 0.6 is 0 Å². The van der Waals surface area contributed by atoms with Crippen LogP contribution in [-0.2, 0) is 23.9 Å². The summed E-state index contributed by atoms with van der Waals surface area (Å²) in [6, 6.07) is 19.5. The fourth-order valence-corrected chi connectivity index (χ4v) is 5.37. The number of urea groups is 1. The second kappa shape index (κ2) is 8.91. The Kier molecular flexibility index (Phi) is 5.52. The molecule has 38 heavy (non-hydrogen) atoms. The van der Waals surface area contributed by atoms with Crippen LogP contribution in [0.5, 0.6) is 0 Å². The molecule has 0 saturated carbocycles. The van der Waals surface area contributed by atoms with E-state index in [4.69, 9.17) is 0 Å². The molecule has 1 unspecified atom stereocenters. The van der Waals surface area contributed by atoms with E-state index in [1.165, 1.54) is 12.1 Å². The van der Waals surface area contributed by atoms with Crippen molar-refractivity contribution in [3.8, 4) is 22.5 Å². The Morgan fingerprint density at radius 3 is 2.45 bits per heavy atom. The first-order valence-electron chi connectivity index (χ1n) is 12.2. The first kappa shape index (κ1) is 23.5. The summed E-state index contributed by atoms with van der Waals surface area (Å²) in [4.78, 5) is 27.7. The largest absolute Gasteiger partial charge is 0.364 e. The molecular formula is C28H24FN7O2. The van der Waals surface area contributed by atoms with Gasteiger partial charge in [-0.1, -0.05) is 60.7 Å². The SMILES string of the molecule is CC=C1c2cc(F)ccc2CN1CC1(c2ccc(-c3ccccc3-c3nnnn3C)cc2)NC(=O)NC1=O. The number of carbonyl (C=O) groups is 2. The lowest BCUT2D eigenvalue weighted by atomic mass is 9.87. The van der Waals surface area contributed by atoms with Gasteiger partial charge in [-0.2, -0.15) is 0 Å². The number of allylic oxidation sites excluding steroid dienone is 1. The Balaban J connectivity index is 1.37. The molecule has 1 atom stereocenters. The number of nitrogens with one attached hydrogen (secondary N) is 2. The molecule has 2 N–H and O–H groups in total. The van der Waals surface area contributed by atoms with Gasteiger partial charge in [0.25, 0.3) is 5.91 Å². The molecule has 10 heteroatoms. The van der Waals surface area contributed by atoms with E-state index in [2.05, 4.69) is 26.2 Å². The lowest BCUT2D eigenvalue weighted by Crippen LogP contribution is -2.51. The highest BCUT2D eigenvalue weighted by Crippen LogP contribution is 2.38. The Bertz CT molecular complexity index is 1610. The smallest absolute Gasteiger partial charge is 0.322 e. The summed E-state index contributed by atoms with van der Waals surface area (Å²) in [5, 5.41) is 17.1. The summed E-state index contributed by atoms with van der Waals surface area (Å²) in [7, 11) is 1.78. The standard InChI is InChI=1S/C28H24FN7O2/c1-3-24-23-14-20(29)13-10-18(23)15-36(24)16-28(26(37)30-27(38)31-28)19-11-8-17(9-12-19)21-6-4-5-7-22(21)25-32-33-34-35(25)2/h3-14H,15-16H2,1-2H3,(H2,30,31,37,38). The topological polar surface area (TPSA) is 105 Å². The molecule has 0 spiro atoms. The van der Waals surface area contributed by atoms with Crippen LogP contribution in [0.25, 0.3) is 28.2 Å². The quantitative estimate of drug-likeness (QED) is 0.399. The molecule has 6 rings (SSSR count). The highest BCUT2D eigenvalue weighted by molar-refractivity contribution is 6.07. The third-order valence-electron chi connectivity index (χ3n) is 7.17. The number of halogens is 1. The van der Waals surface area contributed by atoms with Crippen LogP contribution in [0.1, 0.15) is 23.6 Å². The monoisotopic (exact) mass is 509 g/mol. The van der Waals surface area contributed by atoms with Gasteiger partial charge in [-0.15, -0.1) is 5.10 Å². The number of aryl methyl sites for hydroxylation is 1. The molecule has 9 nitrogen and oxygen atoms in total. The number of carbonyl (C=O) groups excluding carboxylic acids is 2. The van der Waals surface area contributed by atoms with Gasteiger partial charge in [0.15, 0.2) is 11.4 Å². The highest BCUT2D eigenvalue weighted by Gasteiger charge is 2.49. The summed E-state index contributed by atoms with van der Waals surface area (Å²) in [5.74, 6) is -0.120. The van der Waals surface area contributed by atoms with Crippen molar-refractivity contribution in [2.75, 3.05) is 6.54 Å². The second-order valence-electron chi connectivity index (χ2n) is 9.39. The summed E-state index contributed by atoms with van der Waals surface area (Å²) in [5.41, 5.74) is 4.59. The molecule has 3 amide bonds. The lowest BCUT2D eigenvalue weighted by molar-refractivity contribution is -0.124. The number of tetrazole rings is 1. The van der Waals surface area contributed by atoms with Gasteiger partial charge in [0.05, 0.1) is 6.54 Å². The van der Waals surface area contributed by atoms with Crippen LogP contribution in [0.4, 0.5) is 9.18 Å². The Labute approximate surface area is 218 Å². The maximum absolute atomic E-state index is 14.0. The van der Waals surface area contributed by atoms with E-state index in [0.29, 0.717) is 17.9 Å². The van der Waals surface area contributed by atoms with Crippen molar-refractivity contribution in [1.82, 2.24) is 35.7 Å². The Hall–Kier alpha value is -4.86. The van der Waals surface area contributed by atoms with Gasteiger partial charge in [0.2, 0.25) is 0 Å². The first-order valence-corrected chi connectivity index (χ1v) is 12.2. The van der Waals surface area contributed by atoms with Crippen molar-refractivity contribution in [2.45, 2.75) is 19.0 Å². The highest BCUT2D eigenvalue weighted by atomic mass is 19.1. The van der Waals surface area contributed by atoms with Gasteiger partial charge in [-0.25, -0.2) is 13.9 Å². The van der Waals surface area contributed by atoms with Crippen molar-refractivity contribution in [2.24, 2.45) is 7.05 Å². The van der Waals surface area contributed by atoms with E-state index >= 15 is 0 Å². The van der Waals surface area contributed by atoms with Crippen molar-refractivity contribution < 1.29 is 14.0 Å². The molecule has 2 aliphatic heterocycles. The molecular weight excluding hydrogens is 485 g/mol. The predicted molar refractivity (Wildman–Crippen MR) is 138 cm³/mol. The van der Waals surface area contributed by atoms with E-state index in [1.54, 1.807) is 17.8 Å². The molecule has 2 aliphatic rings. The number of fused-ring (bicyclic) bond motifs is 1. The molecule has 1 saturated heterocycles. The van der Waals surface area contributed by atoms with Gasteiger partial charge in [-0.3, -0.25) is 10.1 Å². The van der Waals surface area contributed by atoms with E-state index in [9.17, 15) is 14.0 Å². The number of rotatable bonds is 5. The maximum Gasteiger partial charge on any atom is 0.322 e. The van der Waals surface area contributed by atoms with Crippen LogP contribution in [0, 0.1) is 5.82 Å². The van der Waals surface area contributed by atoms with Crippen LogP contribution < -0.4 is 10.6 Å². The minimum Gasteiger partial charge on any atom is -0.364 e. The normalized spacial score (nSPS) is 19.6. The maximum atomic E-state index is 14.0.